The number of carbonyl (C=O) groups is 1. The summed E-state index contributed by atoms with van der Waals surface area (Å²) in [6.07, 6.45) is 6.33. The molecule has 2 aliphatic rings. The van der Waals surface area contributed by atoms with Crippen LogP contribution < -0.4 is 5.73 Å². The van der Waals surface area contributed by atoms with Crippen LogP contribution in [-0.2, 0) is 4.79 Å². The molecule has 16 heavy (non-hydrogen) atoms. The molecule has 92 valence electrons. The Morgan fingerprint density at radius 1 is 1.25 bits per heavy atom. The highest BCUT2D eigenvalue weighted by molar-refractivity contribution is 5.82. The number of likely N-dealkylation sites (tertiary alicyclic amines) is 1. The monoisotopic (exact) mass is 224 g/mol. The topological polar surface area (TPSA) is 46.3 Å². The number of nitrogens with two attached hydrogens (primary N) is 1. The molecule has 1 saturated carbocycles. The highest BCUT2D eigenvalue weighted by Crippen LogP contribution is 2.36. The summed E-state index contributed by atoms with van der Waals surface area (Å²) in [7, 11) is 0. The fourth-order valence-corrected chi connectivity index (χ4v) is 3.16. The molecule has 3 heteroatoms. The molecular weight excluding hydrogens is 200 g/mol. The van der Waals surface area contributed by atoms with Crippen LogP contribution in [0, 0.1) is 11.8 Å². The molecule has 1 aliphatic heterocycles. The van der Waals surface area contributed by atoms with Crippen LogP contribution in [0.5, 0.6) is 0 Å². The third-order valence-electron chi connectivity index (χ3n) is 4.30. The highest BCUT2D eigenvalue weighted by atomic mass is 16.2. The third-order valence-corrected chi connectivity index (χ3v) is 4.30. The van der Waals surface area contributed by atoms with Gasteiger partial charge in [-0.05, 0) is 31.1 Å². The van der Waals surface area contributed by atoms with Crippen LogP contribution in [0.4, 0.5) is 0 Å². The zero-order valence-corrected chi connectivity index (χ0v) is 10.5. The zero-order chi connectivity index (χ0) is 11.7. The molecule has 0 aromatic heterocycles. The molecule has 3 atom stereocenters. The van der Waals surface area contributed by atoms with Gasteiger partial charge < -0.3 is 10.6 Å². The largest absolute Gasteiger partial charge is 0.338 e. The maximum Gasteiger partial charge on any atom is 0.240 e. The van der Waals surface area contributed by atoms with Crippen molar-refractivity contribution in [1.29, 1.82) is 0 Å². The molecule has 0 bridgehead atoms. The molecule has 2 rings (SSSR count). The van der Waals surface area contributed by atoms with Gasteiger partial charge in [0, 0.05) is 12.6 Å². The minimum Gasteiger partial charge on any atom is -0.338 e. The number of nitrogens with zero attached hydrogens (tertiary/aromatic N) is 1. The summed E-state index contributed by atoms with van der Waals surface area (Å²) in [6.45, 7) is 4.99. The van der Waals surface area contributed by atoms with Gasteiger partial charge in [-0.15, -0.1) is 0 Å². The molecule has 1 amide bonds. The fraction of sp³-hybridized carbons (Fsp3) is 0.923. The Labute approximate surface area is 98.4 Å². The van der Waals surface area contributed by atoms with Gasteiger partial charge in [0.25, 0.3) is 0 Å². The first-order valence-electron chi connectivity index (χ1n) is 6.67. The molecule has 1 aliphatic carbocycles. The maximum atomic E-state index is 12.2. The standard InChI is InChI=1S/C13H24N2O/c1-9(2)12(14)13(16)15-8-7-10-5-3-4-6-11(10)15/h9-12H,3-8,14H2,1-2H3/t10?,11?,12-/m0/s1. The van der Waals surface area contributed by atoms with Gasteiger partial charge in [-0.3, -0.25) is 4.79 Å². The molecule has 1 saturated heterocycles. The van der Waals surface area contributed by atoms with Crippen LogP contribution in [-0.4, -0.2) is 29.4 Å². The molecule has 0 radical (unpaired) electrons. The Morgan fingerprint density at radius 3 is 2.62 bits per heavy atom. The lowest BCUT2D eigenvalue weighted by Crippen LogP contribution is -2.49. The quantitative estimate of drug-likeness (QED) is 0.777. The van der Waals surface area contributed by atoms with Crippen LogP contribution in [0.25, 0.3) is 0 Å². The Kier molecular flexibility index (Phi) is 3.53. The first-order valence-corrected chi connectivity index (χ1v) is 6.67. The minimum atomic E-state index is -0.305. The average Bonchev–Trinajstić information content (AvgIpc) is 2.70. The lowest BCUT2D eigenvalue weighted by molar-refractivity contribution is -0.135. The molecule has 0 aromatic carbocycles. The van der Waals surface area contributed by atoms with Crippen LogP contribution in [0.2, 0.25) is 0 Å². The molecular formula is C13H24N2O. The summed E-state index contributed by atoms with van der Waals surface area (Å²) in [5.74, 6) is 1.19. The number of fused-ring (bicyclic) bond motifs is 1. The SMILES string of the molecule is CC(C)[C@H](N)C(=O)N1CCC2CCCCC21. The predicted molar refractivity (Wildman–Crippen MR) is 64.9 cm³/mol. The Bertz CT molecular complexity index is 265. The van der Waals surface area contributed by atoms with E-state index in [4.69, 9.17) is 5.73 Å². The number of amides is 1. The van der Waals surface area contributed by atoms with Gasteiger partial charge in [0.1, 0.15) is 0 Å². The molecule has 0 aromatic rings. The van der Waals surface area contributed by atoms with E-state index in [-0.39, 0.29) is 17.9 Å². The van der Waals surface area contributed by atoms with E-state index in [9.17, 15) is 4.79 Å². The number of hydrogen-bond donors (Lipinski definition) is 1. The van der Waals surface area contributed by atoms with Crippen molar-refractivity contribution in [2.24, 2.45) is 17.6 Å². The van der Waals surface area contributed by atoms with E-state index < -0.39 is 0 Å². The van der Waals surface area contributed by atoms with Crippen molar-refractivity contribution in [3.05, 3.63) is 0 Å². The number of rotatable bonds is 2. The lowest BCUT2D eigenvalue weighted by atomic mass is 9.85. The van der Waals surface area contributed by atoms with E-state index in [0.29, 0.717) is 6.04 Å². The first kappa shape index (κ1) is 11.9. The Balaban J connectivity index is 2.02. The highest BCUT2D eigenvalue weighted by Gasteiger charge is 2.39. The zero-order valence-electron chi connectivity index (χ0n) is 10.5. The molecule has 3 nitrogen and oxygen atoms in total. The predicted octanol–water partition coefficient (Wildman–Crippen LogP) is 1.76. The minimum absolute atomic E-state index is 0.185. The average molecular weight is 224 g/mol. The molecule has 2 N–H and O–H groups in total. The summed E-state index contributed by atoms with van der Waals surface area (Å²) in [5.41, 5.74) is 5.97. The summed E-state index contributed by atoms with van der Waals surface area (Å²) in [5, 5.41) is 0. The van der Waals surface area contributed by atoms with Crippen molar-refractivity contribution in [3.63, 3.8) is 0 Å². The van der Waals surface area contributed by atoms with E-state index in [1.807, 2.05) is 13.8 Å². The number of carbonyl (C=O) groups excluding carboxylic acids is 1. The van der Waals surface area contributed by atoms with Crippen LogP contribution in [0.1, 0.15) is 46.0 Å². The van der Waals surface area contributed by atoms with Gasteiger partial charge >= 0.3 is 0 Å². The van der Waals surface area contributed by atoms with Crippen molar-refractivity contribution in [2.45, 2.75) is 58.0 Å². The second-order valence-corrected chi connectivity index (χ2v) is 5.70. The van der Waals surface area contributed by atoms with Crippen molar-refractivity contribution in [2.75, 3.05) is 6.54 Å². The first-order chi connectivity index (χ1) is 7.61. The summed E-state index contributed by atoms with van der Waals surface area (Å²) < 4.78 is 0. The Morgan fingerprint density at radius 2 is 1.94 bits per heavy atom. The maximum absolute atomic E-state index is 12.2. The summed E-state index contributed by atoms with van der Waals surface area (Å²) in [6, 6.07) is 0.201. The van der Waals surface area contributed by atoms with E-state index in [1.165, 1.54) is 32.1 Å². The van der Waals surface area contributed by atoms with Crippen molar-refractivity contribution >= 4 is 5.91 Å². The van der Waals surface area contributed by atoms with Gasteiger partial charge in [0.2, 0.25) is 5.91 Å². The van der Waals surface area contributed by atoms with Crippen molar-refractivity contribution < 1.29 is 4.79 Å². The van der Waals surface area contributed by atoms with Gasteiger partial charge in [0.15, 0.2) is 0 Å². The van der Waals surface area contributed by atoms with Crippen molar-refractivity contribution in [3.8, 4) is 0 Å². The normalized spacial score (nSPS) is 31.6. The summed E-state index contributed by atoms with van der Waals surface area (Å²) in [4.78, 5) is 14.3. The van der Waals surface area contributed by atoms with E-state index >= 15 is 0 Å². The van der Waals surface area contributed by atoms with Crippen LogP contribution >= 0.6 is 0 Å². The van der Waals surface area contributed by atoms with E-state index in [1.54, 1.807) is 0 Å². The fourth-order valence-electron chi connectivity index (χ4n) is 3.16. The van der Waals surface area contributed by atoms with Gasteiger partial charge in [0.05, 0.1) is 6.04 Å². The van der Waals surface area contributed by atoms with Gasteiger partial charge in [-0.2, -0.15) is 0 Å². The van der Waals surface area contributed by atoms with Crippen LogP contribution in [0.15, 0.2) is 0 Å². The lowest BCUT2D eigenvalue weighted by Gasteiger charge is -2.33. The smallest absolute Gasteiger partial charge is 0.240 e. The van der Waals surface area contributed by atoms with Gasteiger partial charge in [-0.25, -0.2) is 0 Å². The second-order valence-electron chi connectivity index (χ2n) is 5.70. The molecule has 1 heterocycles. The molecule has 2 unspecified atom stereocenters. The second kappa shape index (κ2) is 4.74. The molecule has 0 spiro atoms. The summed E-state index contributed by atoms with van der Waals surface area (Å²) >= 11 is 0. The van der Waals surface area contributed by atoms with Crippen molar-refractivity contribution in [1.82, 2.24) is 4.90 Å². The van der Waals surface area contributed by atoms with E-state index in [0.717, 1.165) is 12.5 Å². The van der Waals surface area contributed by atoms with E-state index in [2.05, 4.69) is 4.90 Å². The molecule has 2 fully saturated rings. The van der Waals surface area contributed by atoms with Gasteiger partial charge in [-0.1, -0.05) is 26.7 Å². The third kappa shape index (κ3) is 2.10. The Hall–Kier alpha value is -0.570. The number of hydrogen-bond acceptors (Lipinski definition) is 2. The van der Waals surface area contributed by atoms with Crippen LogP contribution in [0.3, 0.4) is 0 Å².